The zero-order valence-electron chi connectivity index (χ0n) is 14.0. The number of hydrogen-bond acceptors (Lipinski definition) is 3. The summed E-state index contributed by atoms with van der Waals surface area (Å²) in [5.74, 6) is 1.15. The number of ether oxygens (including phenoxy) is 1. The second-order valence-electron chi connectivity index (χ2n) is 5.93. The van der Waals surface area contributed by atoms with Crippen LogP contribution < -0.4 is 4.74 Å². The van der Waals surface area contributed by atoms with Crippen LogP contribution in [0.4, 0.5) is 0 Å². The van der Waals surface area contributed by atoms with Gasteiger partial charge < -0.3 is 14.9 Å². The fourth-order valence-corrected chi connectivity index (χ4v) is 2.64. The van der Waals surface area contributed by atoms with Gasteiger partial charge in [0.15, 0.2) is 0 Å². The lowest BCUT2D eigenvalue weighted by Gasteiger charge is -2.23. The van der Waals surface area contributed by atoms with E-state index in [9.17, 15) is 10.2 Å². The normalized spacial score (nSPS) is 15.6. The Morgan fingerprint density at radius 1 is 1.05 bits per heavy atom. The van der Waals surface area contributed by atoms with Crippen LogP contribution >= 0.6 is 0 Å². The van der Waals surface area contributed by atoms with Gasteiger partial charge in [0, 0.05) is 0 Å². The zero-order valence-corrected chi connectivity index (χ0v) is 14.0. The van der Waals surface area contributed by atoms with Gasteiger partial charge in [0.1, 0.15) is 5.75 Å². The van der Waals surface area contributed by atoms with Gasteiger partial charge >= 0.3 is 0 Å². The Morgan fingerprint density at radius 2 is 1.71 bits per heavy atom. The molecular formula is C18H30O3. The first-order chi connectivity index (χ1) is 9.92. The van der Waals surface area contributed by atoms with E-state index in [2.05, 4.69) is 33.8 Å². The molecule has 1 aromatic rings. The Balaban J connectivity index is 2.86. The number of aliphatic hydroxyl groups excluding tert-OH is 2. The molecule has 0 saturated carbocycles. The number of benzene rings is 1. The standard InChI is InChI=1S/C18H30O3/c1-6-10-21-18-9-8-15(13(4)14(18)5)12(3)11-17(20)16(19)7-2/h8-9,12,16-17,19-20H,6-7,10-11H2,1-5H3. The van der Waals surface area contributed by atoms with Crippen LogP contribution in [0.25, 0.3) is 0 Å². The van der Waals surface area contributed by atoms with Gasteiger partial charge in [0.05, 0.1) is 18.8 Å². The lowest BCUT2D eigenvalue weighted by Crippen LogP contribution is -2.26. The maximum absolute atomic E-state index is 10.0. The predicted octanol–water partition coefficient (Wildman–Crippen LogP) is 3.72. The fourth-order valence-electron chi connectivity index (χ4n) is 2.64. The molecule has 120 valence electrons. The van der Waals surface area contributed by atoms with E-state index in [1.165, 1.54) is 16.7 Å². The maximum atomic E-state index is 10.0. The highest BCUT2D eigenvalue weighted by atomic mass is 16.5. The third kappa shape index (κ3) is 4.72. The average molecular weight is 294 g/mol. The van der Waals surface area contributed by atoms with E-state index in [0.29, 0.717) is 12.8 Å². The zero-order chi connectivity index (χ0) is 16.0. The lowest BCUT2D eigenvalue weighted by molar-refractivity contribution is 0.00950. The minimum atomic E-state index is -0.666. The first-order valence-electron chi connectivity index (χ1n) is 8.01. The molecule has 1 aromatic carbocycles. The van der Waals surface area contributed by atoms with Crippen LogP contribution in [0.1, 0.15) is 62.6 Å². The van der Waals surface area contributed by atoms with E-state index in [-0.39, 0.29) is 5.92 Å². The molecule has 0 radical (unpaired) electrons. The number of aliphatic hydroxyl groups is 2. The molecule has 0 aliphatic heterocycles. The quantitative estimate of drug-likeness (QED) is 0.768. The molecule has 0 amide bonds. The van der Waals surface area contributed by atoms with Crippen molar-refractivity contribution in [1.29, 1.82) is 0 Å². The molecule has 0 aliphatic carbocycles. The predicted molar refractivity (Wildman–Crippen MR) is 87.0 cm³/mol. The van der Waals surface area contributed by atoms with Gasteiger partial charge in [0.2, 0.25) is 0 Å². The van der Waals surface area contributed by atoms with Crippen molar-refractivity contribution in [2.75, 3.05) is 6.61 Å². The fraction of sp³-hybridized carbons (Fsp3) is 0.667. The SMILES string of the molecule is CCCOc1ccc(C(C)CC(O)C(O)CC)c(C)c1C. The molecule has 0 aliphatic rings. The van der Waals surface area contributed by atoms with Crippen molar-refractivity contribution in [3.63, 3.8) is 0 Å². The van der Waals surface area contributed by atoms with Crippen LogP contribution in [0.5, 0.6) is 5.75 Å². The lowest BCUT2D eigenvalue weighted by atomic mass is 9.88. The Bertz CT molecular complexity index is 442. The Hall–Kier alpha value is -1.06. The monoisotopic (exact) mass is 294 g/mol. The third-order valence-electron chi connectivity index (χ3n) is 4.23. The molecule has 0 bridgehead atoms. The van der Waals surface area contributed by atoms with Crippen LogP contribution in [0.2, 0.25) is 0 Å². The highest BCUT2D eigenvalue weighted by Crippen LogP contribution is 2.31. The molecule has 3 heteroatoms. The first-order valence-corrected chi connectivity index (χ1v) is 8.01. The summed E-state index contributed by atoms with van der Waals surface area (Å²) in [5, 5.41) is 19.7. The molecule has 3 nitrogen and oxygen atoms in total. The van der Waals surface area contributed by atoms with Crippen molar-refractivity contribution in [2.24, 2.45) is 0 Å². The van der Waals surface area contributed by atoms with E-state index >= 15 is 0 Å². The summed E-state index contributed by atoms with van der Waals surface area (Å²) in [6.45, 7) is 11.0. The minimum absolute atomic E-state index is 0.208. The number of hydrogen-bond donors (Lipinski definition) is 2. The van der Waals surface area contributed by atoms with Crippen LogP contribution in [0.15, 0.2) is 12.1 Å². The molecule has 2 N–H and O–H groups in total. The van der Waals surface area contributed by atoms with Gasteiger partial charge in [-0.15, -0.1) is 0 Å². The summed E-state index contributed by atoms with van der Waals surface area (Å²) in [5.41, 5.74) is 3.60. The summed E-state index contributed by atoms with van der Waals surface area (Å²) in [6, 6.07) is 4.11. The molecule has 0 saturated heterocycles. The second-order valence-corrected chi connectivity index (χ2v) is 5.93. The summed E-state index contributed by atoms with van der Waals surface area (Å²) < 4.78 is 5.75. The number of rotatable bonds is 8. The highest BCUT2D eigenvalue weighted by molar-refractivity contribution is 5.44. The Labute approximate surface area is 129 Å². The molecule has 0 heterocycles. The van der Waals surface area contributed by atoms with E-state index < -0.39 is 12.2 Å². The second kappa shape index (κ2) is 8.40. The molecule has 1 rings (SSSR count). The van der Waals surface area contributed by atoms with Gasteiger partial charge in [-0.05, 0) is 61.8 Å². The summed E-state index contributed by atoms with van der Waals surface area (Å²) >= 11 is 0. The average Bonchev–Trinajstić information content (AvgIpc) is 2.47. The van der Waals surface area contributed by atoms with E-state index in [1.54, 1.807) is 0 Å². The summed E-state index contributed by atoms with van der Waals surface area (Å²) in [6.07, 6.45) is 0.847. The third-order valence-corrected chi connectivity index (χ3v) is 4.23. The summed E-state index contributed by atoms with van der Waals surface area (Å²) in [7, 11) is 0. The van der Waals surface area contributed by atoms with Gasteiger partial charge in [-0.1, -0.05) is 26.8 Å². The molecule has 0 fully saturated rings. The van der Waals surface area contributed by atoms with Crippen molar-refractivity contribution < 1.29 is 14.9 Å². The summed E-state index contributed by atoms with van der Waals surface area (Å²) in [4.78, 5) is 0. The molecule has 3 atom stereocenters. The topological polar surface area (TPSA) is 49.7 Å². The van der Waals surface area contributed by atoms with Crippen LogP contribution in [-0.4, -0.2) is 29.0 Å². The molecular weight excluding hydrogens is 264 g/mol. The van der Waals surface area contributed by atoms with Crippen molar-refractivity contribution in [3.05, 3.63) is 28.8 Å². The molecule has 0 spiro atoms. The smallest absolute Gasteiger partial charge is 0.122 e. The Morgan fingerprint density at radius 3 is 2.29 bits per heavy atom. The van der Waals surface area contributed by atoms with E-state index in [1.807, 2.05) is 13.0 Å². The maximum Gasteiger partial charge on any atom is 0.122 e. The van der Waals surface area contributed by atoms with Gasteiger partial charge in [-0.3, -0.25) is 0 Å². The molecule has 21 heavy (non-hydrogen) atoms. The van der Waals surface area contributed by atoms with Gasteiger partial charge in [0.25, 0.3) is 0 Å². The van der Waals surface area contributed by atoms with E-state index in [0.717, 1.165) is 18.8 Å². The van der Waals surface area contributed by atoms with Gasteiger partial charge in [-0.2, -0.15) is 0 Å². The first kappa shape index (κ1) is 18.0. The van der Waals surface area contributed by atoms with Crippen molar-refractivity contribution in [1.82, 2.24) is 0 Å². The van der Waals surface area contributed by atoms with Crippen molar-refractivity contribution in [3.8, 4) is 5.75 Å². The molecule has 0 aromatic heterocycles. The van der Waals surface area contributed by atoms with Crippen molar-refractivity contribution in [2.45, 2.75) is 72.0 Å². The van der Waals surface area contributed by atoms with Crippen LogP contribution in [0, 0.1) is 13.8 Å². The minimum Gasteiger partial charge on any atom is -0.493 e. The molecule has 3 unspecified atom stereocenters. The Kier molecular flexibility index (Phi) is 7.20. The van der Waals surface area contributed by atoms with Crippen LogP contribution in [-0.2, 0) is 0 Å². The van der Waals surface area contributed by atoms with Gasteiger partial charge in [-0.25, -0.2) is 0 Å². The largest absolute Gasteiger partial charge is 0.493 e. The highest BCUT2D eigenvalue weighted by Gasteiger charge is 2.20. The van der Waals surface area contributed by atoms with Crippen molar-refractivity contribution >= 4 is 0 Å². The van der Waals surface area contributed by atoms with E-state index in [4.69, 9.17) is 4.74 Å². The van der Waals surface area contributed by atoms with Crippen LogP contribution in [0.3, 0.4) is 0 Å².